The van der Waals surface area contributed by atoms with Crippen molar-refractivity contribution in [1.82, 2.24) is 20.1 Å². The summed E-state index contributed by atoms with van der Waals surface area (Å²) in [5, 5.41) is 10.4. The second-order valence-corrected chi connectivity index (χ2v) is 7.56. The first-order valence-electron chi connectivity index (χ1n) is 9.27. The van der Waals surface area contributed by atoms with E-state index in [9.17, 15) is 18.4 Å². The van der Waals surface area contributed by atoms with Crippen molar-refractivity contribution in [3.05, 3.63) is 28.2 Å². The number of hydrogen-bond acceptors (Lipinski definition) is 6. The summed E-state index contributed by atoms with van der Waals surface area (Å²) in [6, 6.07) is 1.71. The molecule has 150 valence electrons. The number of carbonyl (C=O) groups excluding carboxylic acids is 1. The predicted molar refractivity (Wildman–Crippen MR) is 95.9 cm³/mol. The van der Waals surface area contributed by atoms with E-state index in [1.54, 1.807) is 6.92 Å². The Morgan fingerprint density at radius 2 is 1.96 bits per heavy atom. The molecule has 2 aromatic heterocycles. The van der Waals surface area contributed by atoms with E-state index in [4.69, 9.17) is 4.42 Å². The van der Waals surface area contributed by atoms with Gasteiger partial charge in [0.15, 0.2) is 0 Å². The van der Waals surface area contributed by atoms with Gasteiger partial charge in [-0.05, 0) is 50.2 Å². The van der Waals surface area contributed by atoms with E-state index in [2.05, 4.69) is 20.5 Å². The Bertz CT molecular complexity index is 927. The molecule has 3 heterocycles. The Labute approximate surface area is 159 Å². The van der Waals surface area contributed by atoms with Gasteiger partial charge in [0.05, 0.1) is 5.69 Å². The van der Waals surface area contributed by atoms with Crippen LogP contribution in [0.1, 0.15) is 44.7 Å². The van der Waals surface area contributed by atoms with Crippen LogP contribution in [0, 0.1) is 5.41 Å². The lowest BCUT2D eigenvalue weighted by atomic mass is 9.93. The molecule has 28 heavy (non-hydrogen) atoms. The highest BCUT2D eigenvalue weighted by molar-refractivity contribution is 5.83. The fraction of sp³-hybridized carbons (Fsp3) is 0.556. The number of anilines is 1. The van der Waals surface area contributed by atoms with Crippen molar-refractivity contribution in [3.8, 4) is 11.5 Å². The Morgan fingerprint density at radius 3 is 2.57 bits per heavy atom. The SMILES string of the molecule is C[C@@H](Nc1nnc(-c2ccc(C(F)F)[nH]c2=O)o1)C(=O)N1CCC2(CC1)CC2. The fourth-order valence-corrected chi connectivity index (χ4v) is 3.57. The summed E-state index contributed by atoms with van der Waals surface area (Å²) in [6.45, 7) is 3.22. The van der Waals surface area contributed by atoms with Gasteiger partial charge in [-0.3, -0.25) is 9.59 Å². The van der Waals surface area contributed by atoms with Crippen molar-refractivity contribution in [2.24, 2.45) is 5.41 Å². The average molecular weight is 393 g/mol. The zero-order valence-electron chi connectivity index (χ0n) is 15.4. The van der Waals surface area contributed by atoms with E-state index in [0.29, 0.717) is 5.41 Å². The van der Waals surface area contributed by atoms with E-state index in [1.807, 2.05) is 4.90 Å². The van der Waals surface area contributed by atoms with Crippen molar-refractivity contribution in [3.63, 3.8) is 0 Å². The van der Waals surface area contributed by atoms with Gasteiger partial charge in [-0.25, -0.2) is 8.78 Å². The quantitative estimate of drug-likeness (QED) is 0.809. The zero-order chi connectivity index (χ0) is 19.9. The molecule has 1 amide bonds. The highest BCUT2D eigenvalue weighted by Crippen LogP contribution is 2.53. The van der Waals surface area contributed by atoms with Crippen LogP contribution < -0.4 is 10.9 Å². The summed E-state index contributed by atoms with van der Waals surface area (Å²) in [4.78, 5) is 28.5. The first-order valence-corrected chi connectivity index (χ1v) is 9.27. The van der Waals surface area contributed by atoms with Crippen molar-refractivity contribution in [1.29, 1.82) is 0 Å². The normalized spacial score (nSPS) is 19.1. The molecule has 1 spiro atoms. The van der Waals surface area contributed by atoms with Crippen LogP contribution in [0.5, 0.6) is 0 Å². The Kier molecular flexibility index (Phi) is 4.64. The van der Waals surface area contributed by atoms with E-state index >= 15 is 0 Å². The Balaban J connectivity index is 1.40. The number of piperidine rings is 1. The van der Waals surface area contributed by atoms with Crippen LogP contribution in [0.25, 0.3) is 11.5 Å². The van der Waals surface area contributed by atoms with Crippen molar-refractivity contribution in [2.75, 3.05) is 18.4 Å². The number of halogens is 2. The summed E-state index contributed by atoms with van der Waals surface area (Å²) in [7, 11) is 0. The van der Waals surface area contributed by atoms with Crippen LogP contribution >= 0.6 is 0 Å². The molecule has 0 bridgehead atoms. The van der Waals surface area contributed by atoms with Gasteiger partial charge in [-0.15, -0.1) is 5.10 Å². The van der Waals surface area contributed by atoms with Crippen LogP contribution in [-0.2, 0) is 4.79 Å². The van der Waals surface area contributed by atoms with Gasteiger partial charge in [0.25, 0.3) is 17.9 Å². The number of nitrogens with one attached hydrogen (secondary N) is 2. The average Bonchev–Trinajstić information content (AvgIpc) is 3.27. The summed E-state index contributed by atoms with van der Waals surface area (Å²) in [6.07, 6.45) is 1.86. The van der Waals surface area contributed by atoms with Crippen molar-refractivity contribution < 1.29 is 18.0 Å². The second-order valence-electron chi connectivity index (χ2n) is 7.56. The number of alkyl halides is 2. The smallest absolute Gasteiger partial charge is 0.316 e. The molecule has 4 rings (SSSR count). The van der Waals surface area contributed by atoms with Crippen LogP contribution in [0.15, 0.2) is 21.3 Å². The molecule has 8 nitrogen and oxygen atoms in total. The topological polar surface area (TPSA) is 104 Å². The minimum Gasteiger partial charge on any atom is -0.403 e. The third-order valence-electron chi connectivity index (χ3n) is 5.63. The second kappa shape index (κ2) is 6.99. The third-order valence-corrected chi connectivity index (χ3v) is 5.63. The molecule has 0 aromatic carbocycles. The number of amides is 1. The molecular weight excluding hydrogens is 372 g/mol. The number of hydrogen-bond donors (Lipinski definition) is 2. The molecule has 2 aliphatic rings. The molecular formula is C18H21F2N5O3. The fourth-order valence-electron chi connectivity index (χ4n) is 3.57. The van der Waals surface area contributed by atoms with Gasteiger partial charge in [-0.1, -0.05) is 5.10 Å². The zero-order valence-corrected chi connectivity index (χ0v) is 15.4. The van der Waals surface area contributed by atoms with Gasteiger partial charge in [0.2, 0.25) is 5.91 Å². The van der Waals surface area contributed by atoms with E-state index in [-0.39, 0.29) is 23.4 Å². The van der Waals surface area contributed by atoms with Crippen LogP contribution in [0.3, 0.4) is 0 Å². The molecule has 2 fully saturated rings. The van der Waals surface area contributed by atoms with E-state index in [0.717, 1.165) is 32.0 Å². The highest BCUT2D eigenvalue weighted by Gasteiger charge is 2.45. The number of H-pyrrole nitrogens is 1. The molecule has 1 atom stereocenters. The molecule has 0 unspecified atom stereocenters. The summed E-state index contributed by atoms with van der Waals surface area (Å²) >= 11 is 0. The number of carbonyl (C=O) groups is 1. The van der Waals surface area contributed by atoms with Gasteiger partial charge >= 0.3 is 6.01 Å². The molecule has 1 aliphatic carbocycles. The Morgan fingerprint density at radius 1 is 1.25 bits per heavy atom. The van der Waals surface area contributed by atoms with Crippen LogP contribution in [0.4, 0.5) is 14.8 Å². The number of aromatic amines is 1. The lowest BCUT2D eigenvalue weighted by molar-refractivity contribution is -0.133. The standard InChI is InChI=1S/C18H21F2N5O3/c1-10(16(27)25-8-6-18(4-5-18)7-9-25)21-17-24-23-15(28-17)11-2-3-12(13(19)20)22-14(11)26/h2-3,10,13H,4-9H2,1H3,(H,21,24)(H,22,26)/t10-/m1/s1. The Hall–Kier alpha value is -2.78. The third kappa shape index (κ3) is 3.63. The number of pyridine rings is 1. The number of nitrogens with zero attached hydrogens (tertiary/aromatic N) is 3. The lowest BCUT2D eigenvalue weighted by Crippen LogP contribution is -2.45. The minimum absolute atomic E-state index is 0.0103. The molecule has 1 saturated heterocycles. The maximum absolute atomic E-state index is 12.6. The van der Waals surface area contributed by atoms with Crippen molar-refractivity contribution >= 4 is 11.9 Å². The van der Waals surface area contributed by atoms with Gasteiger partial charge in [0, 0.05) is 13.1 Å². The maximum Gasteiger partial charge on any atom is 0.316 e. The summed E-state index contributed by atoms with van der Waals surface area (Å²) in [5.74, 6) is -0.160. The summed E-state index contributed by atoms with van der Waals surface area (Å²) < 4.78 is 30.7. The van der Waals surface area contributed by atoms with Gasteiger partial charge in [0.1, 0.15) is 11.6 Å². The van der Waals surface area contributed by atoms with Crippen LogP contribution in [0.2, 0.25) is 0 Å². The van der Waals surface area contributed by atoms with Gasteiger partial charge < -0.3 is 19.6 Å². The van der Waals surface area contributed by atoms with Gasteiger partial charge in [-0.2, -0.15) is 0 Å². The molecule has 10 heteroatoms. The first-order chi connectivity index (χ1) is 13.4. The molecule has 2 aromatic rings. The molecule has 2 N–H and O–H groups in total. The highest BCUT2D eigenvalue weighted by atomic mass is 19.3. The minimum atomic E-state index is -2.78. The number of aromatic nitrogens is 3. The number of rotatable bonds is 5. The monoisotopic (exact) mass is 393 g/mol. The molecule has 1 aliphatic heterocycles. The molecule has 0 radical (unpaired) electrons. The van der Waals surface area contributed by atoms with Crippen molar-refractivity contribution in [2.45, 2.75) is 45.1 Å². The first kappa shape index (κ1) is 18.6. The largest absolute Gasteiger partial charge is 0.403 e. The predicted octanol–water partition coefficient (Wildman–Crippen LogP) is 2.57. The molecule has 1 saturated carbocycles. The number of likely N-dealkylation sites (tertiary alicyclic amines) is 1. The van der Waals surface area contributed by atoms with Crippen LogP contribution in [-0.4, -0.2) is 45.1 Å². The summed E-state index contributed by atoms with van der Waals surface area (Å²) in [5.41, 5.74) is -0.767. The van der Waals surface area contributed by atoms with E-state index in [1.165, 1.54) is 18.9 Å². The lowest BCUT2D eigenvalue weighted by Gasteiger charge is -2.33. The van der Waals surface area contributed by atoms with E-state index < -0.39 is 23.7 Å². The maximum atomic E-state index is 12.6.